The molecule has 2 N–H and O–H groups in total. The molecule has 0 amide bonds. The number of rotatable bonds is 4. The third kappa shape index (κ3) is 4.01. The molecule has 1 unspecified atom stereocenters. The van der Waals surface area contributed by atoms with Crippen molar-refractivity contribution in [2.75, 3.05) is 6.61 Å². The van der Waals surface area contributed by atoms with Crippen LogP contribution < -0.4 is 5.73 Å². The maximum Gasteiger partial charge on any atom is 0.416 e. The molecule has 8 heteroatoms. The predicted molar refractivity (Wildman–Crippen MR) is 69.8 cm³/mol. The summed E-state index contributed by atoms with van der Waals surface area (Å²) < 4.78 is 43.4. The van der Waals surface area contributed by atoms with Crippen LogP contribution in [0.25, 0.3) is 0 Å². The summed E-state index contributed by atoms with van der Waals surface area (Å²) in [6.07, 6.45) is -5.02. The zero-order valence-corrected chi connectivity index (χ0v) is 11.9. The number of esters is 1. The van der Waals surface area contributed by atoms with E-state index in [1.54, 1.807) is 6.92 Å². The Morgan fingerprint density at radius 1 is 1.40 bits per heavy atom. The molecule has 0 saturated heterocycles. The number of benzene rings is 1. The molecule has 0 aliphatic rings. The van der Waals surface area contributed by atoms with E-state index in [4.69, 9.17) is 28.9 Å². The van der Waals surface area contributed by atoms with Crippen LogP contribution in [0.1, 0.15) is 18.1 Å². The van der Waals surface area contributed by atoms with E-state index in [2.05, 4.69) is 4.74 Å². The number of nitrogens with two attached hydrogens (primary N) is 1. The van der Waals surface area contributed by atoms with E-state index < -0.39 is 30.2 Å². The topological polar surface area (TPSA) is 52.3 Å². The van der Waals surface area contributed by atoms with Gasteiger partial charge in [0.2, 0.25) is 0 Å². The first-order valence-corrected chi connectivity index (χ1v) is 6.40. The highest BCUT2D eigenvalue weighted by Gasteiger charge is 2.35. The SMILES string of the molecule is CCOC(=O)C(N)Cc1c(C(F)(F)F)ccc(Cl)c1Cl. The molecule has 0 aliphatic heterocycles. The van der Waals surface area contributed by atoms with Crippen molar-refractivity contribution in [3.05, 3.63) is 33.3 Å². The Balaban J connectivity index is 3.16. The molecule has 1 rings (SSSR count). The van der Waals surface area contributed by atoms with E-state index in [0.717, 1.165) is 12.1 Å². The molecule has 0 saturated carbocycles. The van der Waals surface area contributed by atoms with E-state index in [9.17, 15) is 18.0 Å². The fourth-order valence-electron chi connectivity index (χ4n) is 1.61. The van der Waals surface area contributed by atoms with Crippen LogP contribution in [0.3, 0.4) is 0 Å². The van der Waals surface area contributed by atoms with Crippen LogP contribution in [0.15, 0.2) is 12.1 Å². The Morgan fingerprint density at radius 2 is 2.00 bits per heavy atom. The number of carbonyl (C=O) groups excluding carboxylic acids is 1. The molecule has 0 aliphatic carbocycles. The first kappa shape index (κ1) is 17.1. The van der Waals surface area contributed by atoms with E-state index in [1.807, 2.05) is 0 Å². The number of hydrogen-bond acceptors (Lipinski definition) is 3. The molecule has 0 heterocycles. The summed E-state index contributed by atoms with van der Waals surface area (Å²) in [7, 11) is 0. The first-order chi connectivity index (χ1) is 9.18. The lowest BCUT2D eigenvalue weighted by atomic mass is 10.00. The van der Waals surface area contributed by atoms with Gasteiger partial charge < -0.3 is 10.5 Å². The molecule has 0 radical (unpaired) electrons. The molecule has 1 aromatic carbocycles. The summed E-state index contributed by atoms with van der Waals surface area (Å²) in [6, 6.07) is 0.611. The average molecular weight is 330 g/mol. The quantitative estimate of drug-likeness (QED) is 0.861. The highest BCUT2D eigenvalue weighted by Crippen LogP contribution is 2.38. The minimum absolute atomic E-state index is 0.0364. The zero-order chi connectivity index (χ0) is 15.5. The van der Waals surface area contributed by atoms with Crippen LogP contribution in [-0.2, 0) is 22.1 Å². The molecular formula is C12H12Cl2F3NO2. The van der Waals surface area contributed by atoms with Gasteiger partial charge in [-0.2, -0.15) is 13.2 Å². The van der Waals surface area contributed by atoms with Crippen LogP contribution in [0.4, 0.5) is 13.2 Å². The second-order valence-electron chi connectivity index (χ2n) is 3.95. The van der Waals surface area contributed by atoms with Crippen LogP contribution in [0, 0.1) is 0 Å². The summed E-state index contributed by atoms with van der Waals surface area (Å²) in [5.41, 5.74) is 4.24. The van der Waals surface area contributed by atoms with Gasteiger partial charge >= 0.3 is 12.1 Å². The number of alkyl halides is 3. The van der Waals surface area contributed by atoms with E-state index in [0.29, 0.717) is 0 Å². The van der Waals surface area contributed by atoms with E-state index >= 15 is 0 Å². The molecule has 1 aromatic rings. The number of carbonyl (C=O) groups is 1. The lowest BCUT2D eigenvalue weighted by Crippen LogP contribution is -2.35. The van der Waals surface area contributed by atoms with E-state index in [-0.39, 0.29) is 22.2 Å². The highest BCUT2D eigenvalue weighted by atomic mass is 35.5. The molecule has 1 atom stereocenters. The van der Waals surface area contributed by atoms with Crippen molar-refractivity contribution >= 4 is 29.2 Å². The zero-order valence-electron chi connectivity index (χ0n) is 10.4. The lowest BCUT2D eigenvalue weighted by molar-refractivity contribution is -0.145. The largest absolute Gasteiger partial charge is 0.465 e. The number of hydrogen-bond donors (Lipinski definition) is 1. The number of ether oxygens (including phenoxy) is 1. The van der Waals surface area contributed by atoms with E-state index in [1.165, 1.54) is 0 Å². The Morgan fingerprint density at radius 3 is 2.50 bits per heavy atom. The summed E-state index contributed by atoms with van der Waals surface area (Å²) in [4.78, 5) is 11.4. The number of halogens is 5. The first-order valence-electron chi connectivity index (χ1n) is 5.64. The van der Waals surface area contributed by atoms with Crippen molar-refractivity contribution in [1.29, 1.82) is 0 Å². The second-order valence-corrected chi connectivity index (χ2v) is 4.73. The molecule has 3 nitrogen and oxygen atoms in total. The summed E-state index contributed by atoms with van der Waals surface area (Å²) in [5, 5.41) is -0.299. The van der Waals surface area contributed by atoms with Crippen LogP contribution in [0.5, 0.6) is 0 Å². The maximum atomic E-state index is 12.9. The Kier molecular flexibility index (Phi) is 5.68. The summed E-state index contributed by atoms with van der Waals surface area (Å²) >= 11 is 11.5. The predicted octanol–water partition coefficient (Wildman–Crippen LogP) is 3.45. The van der Waals surface area contributed by atoms with Gasteiger partial charge in [-0.05, 0) is 24.6 Å². The van der Waals surface area contributed by atoms with Gasteiger partial charge in [0.1, 0.15) is 6.04 Å². The van der Waals surface area contributed by atoms with Gasteiger partial charge in [0, 0.05) is 6.42 Å². The lowest BCUT2D eigenvalue weighted by Gasteiger charge is -2.17. The molecule has 0 bridgehead atoms. The van der Waals surface area contributed by atoms with Gasteiger partial charge in [-0.3, -0.25) is 4.79 Å². The van der Waals surface area contributed by atoms with Gasteiger partial charge in [0.05, 0.1) is 22.2 Å². The van der Waals surface area contributed by atoms with Gasteiger partial charge in [0.15, 0.2) is 0 Å². The second kappa shape index (κ2) is 6.65. The Labute approximate surface area is 123 Å². The van der Waals surface area contributed by atoms with Crippen molar-refractivity contribution in [3.63, 3.8) is 0 Å². The van der Waals surface area contributed by atoms with Crippen LogP contribution in [0.2, 0.25) is 10.0 Å². The third-order valence-electron chi connectivity index (χ3n) is 2.51. The molecule has 0 fully saturated rings. The molecule has 20 heavy (non-hydrogen) atoms. The van der Waals surface area contributed by atoms with Gasteiger partial charge in [0.25, 0.3) is 0 Å². The maximum absolute atomic E-state index is 12.9. The minimum atomic E-state index is -4.61. The fourth-order valence-corrected chi connectivity index (χ4v) is 2.03. The van der Waals surface area contributed by atoms with Crippen molar-refractivity contribution in [2.24, 2.45) is 5.73 Å². The summed E-state index contributed by atoms with van der Waals surface area (Å²) in [5.74, 6) is -0.795. The Hall–Kier alpha value is -0.980. The van der Waals surface area contributed by atoms with Crippen molar-refractivity contribution < 1.29 is 22.7 Å². The van der Waals surface area contributed by atoms with Crippen molar-refractivity contribution in [2.45, 2.75) is 25.6 Å². The third-order valence-corrected chi connectivity index (χ3v) is 3.36. The normalized spacial score (nSPS) is 13.2. The molecular weight excluding hydrogens is 318 g/mol. The van der Waals surface area contributed by atoms with Gasteiger partial charge in [-0.1, -0.05) is 23.2 Å². The minimum Gasteiger partial charge on any atom is -0.465 e. The van der Waals surface area contributed by atoms with Crippen LogP contribution >= 0.6 is 23.2 Å². The molecule has 0 spiro atoms. The monoisotopic (exact) mass is 329 g/mol. The molecule has 0 aromatic heterocycles. The Bertz CT molecular complexity index is 506. The van der Waals surface area contributed by atoms with Gasteiger partial charge in [-0.15, -0.1) is 0 Å². The summed E-state index contributed by atoms with van der Waals surface area (Å²) in [6.45, 7) is 1.65. The van der Waals surface area contributed by atoms with Crippen LogP contribution in [-0.4, -0.2) is 18.6 Å². The van der Waals surface area contributed by atoms with Crippen molar-refractivity contribution in [1.82, 2.24) is 0 Å². The van der Waals surface area contributed by atoms with Gasteiger partial charge in [-0.25, -0.2) is 0 Å². The van der Waals surface area contributed by atoms with Crippen molar-refractivity contribution in [3.8, 4) is 0 Å². The fraction of sp³-hybridized carbons (Fsp3) is 0.417. The highest BCUT2D eigenvalue weighted by molar-refractivity contribution is 6.42. The standard InChI is InChI=1S/C12H12Cl2F3NO2/c1-2-20-11(19)9(18)5-6-7(12(15,16)17)3-4-8(13)10(6)14/h3-4,9H,2,5,18H2,1H3. The molecule has 112 valence electrons. The average Bonchev–Trinajstić information content (AvgIpc) is 2.33. The smallest absolute Gasteiger partial charge is 0.416 e.